The molecule has 0 saturated heterocycles. The number of carbonyl (C=O) groups excluding carboxylic acids is 2. The maximum atomic E-state index is 12.2. The Morgan fingerprint density at radius 1 is 1.27 bits per heavy atom. The number of hydrogen-bond donors (Lipinski definition) is 3. The topological polar surface area (TPSA) is 78.4 Å². The lowest BCUT2D eigenvalue weighted by molar-refractivity contribution is -0.117. The summed E-state index contributed by atoms with van der Waals surface area (Å²) in [6.45, 7) is 4.92. The van der Waals surface area contributed by atoms with E-state index < -0.39 is 18.0 Å². The molecule has 1 unspecified atom stereocenters. The van der Waals surface area contributed by atoms with Crippen molar-refractivity contribution in [3.8, 4) is 5.75 Å². The highest BCUT2D eigenvalue weighted by atomic mass is 35.5. The third-order valence-electron chi connectivity index (χ3n) is 3.10. The number of carbonyl (C=O) groups is 2. The first kappa shape index (κ1) is 15.9. The Kier molecular flexibility index (Phi) is 4.68. The molecule has 3 N–H and O–H groups in total. The second kappa shape index (κ2) is 6.49. The van der Waals surface area contributed by atoms with E-state index in [1.165, 1.54) is 6.07 Å². The summed E-state index contributed by atoms with van der Waals surface area (Å²) in [6.07, 6.45) is 0.482. The zero-order chi connectivity index (χ0) is 16.3. The molecule has 0 aliphatic rings. The van der Waals surface area contributed by atoms with E-state index in [1.807, 2.05) is 0 Å². The van der Waals surface area contributed by atoms with Crippen molar-refractivity contribution in [3.05, 3.63) is 53.6 Å². The van der Waals surface area contributed by atoms with Crippen LogP contribution in [0.15, 0.2) is 43.0 Å². The number of amides is 2. The molecule has 5 nitrogen and oxygen atoms in total. The van der Waals surface area contributed by atoms with Crippen molar-refractivity contribution in [2.45, 2.75) is 13.1 Å². The number of nitrogens with one attached hydrogen (secondary N) is 2. The monoisotopic (exact) mass is 318 g/mol. The first-order valence-corrected chi connectivity index (χ1v) is 6.96. The molecule has 2 aromatic rings. The van der Waals surface area contributed by atoms with Gasteiger partial charge in [0.2, 0.25) is 5.91 Å². The molecule has 6 heteroatoms. The average molecular weight is 319 g/mol. The van der Waals surface area contributed by atoms with Crippen molar-refractivity contribution < 1.29 is 14.7 Å². The van der Waals surface area contributed by atoms with Gasteiger partial charge in [0.1, 0.15) is 5.75 Å². The first-order chi connectivity index (χ1) is 10.4. The number of hydrogen-bond acceptors (Lipinski definition) is 3. The summed E-state index contributed by atoms with van der Waals surface area (Å²) in [7, 11) is 0. The molecule has 22 heavy (non-hydrogen) atoms. The summed E-state index contributed by atoms with van der Waals surface area (Å²) in [5.41, 5.74) is 0.0448. The maximum absolute atomic E-state index is 12.2. The Morgan fingerprint density at radius 3 is 2.55 bits per heavy atom. The zero-order valence-corrected chi connectivity index (χ0v) is 12.6. The summed E-state index contributed by atoms with van der Waals surface area (Å²) < 4.78 is 0. The quantitative estimate of drug-likeness (QED) is 0.599. The van der Waals surface area contributed by atoms with Crippen molar-refractivity contribution in [2.24, 2.45) is 0 Å². The Balaban J connectivity index is 2.30. The van der Waals surface area contributed by atoms with Crippen LogP contribution in [0.4, 0.5) is 0 Å². The predicted octanol–water partition coefficient (Wildman–Crippen LogP) is 2.58. The summed E-state index contributed by atoms with van der Waals surface area (Å²) >= 11 is 6.15. The predicted molar refractivity (Wildman–Crippen MR) is 85.9 cm³/mol. The summed E-state index contributed by atoms with van der Waals surface area (Å²) in [6, 6.07) is 8.37. The van der Waals surface area contributed by atoms with Gasteiger partial charge in [-0.15, -0.1) is 0 Å². The fourth-order valence-corrected chi connectivity index (χ4v) is 2.35. The van der Waals surface area contributed by atoms with Gasteiger partial charge in [-0.1, -0.05) is 42.4 Å². The van der Waals surface area contributed by atoms with Crippen LogP contribution in [0.2, 0.25) is 5.02 Å². The highest BCUT2D eigenvalue weighted by molar-refractivity contribution is 6.36. The van der Waals surface area contributed by atoms with E-state index in [9.17, 15) is 14.7 Å². The largest absolute Gasteiger partial charge is 0.506 e. The van der Waals surface area contributed by atoms with Gasteiger partial charge in [0.25, 0.3) is 5.91 Å². The molecule has 0 radical (unpaired) electrons. The third-order valence-corrected chi connectivity index (χ3v) is 3.41. The lowest BCUT2D eigenvalue weighted by Gasteiger charge is -2.16. The number of aromatic hydroxyl groups is 1. The zero-order valence-electron chi connectivity index (χ0n) is 11.9. The fourth-order valence-electron chi connectivity index (χ4n) is 2.07. The van der Waals surface area contributed by atoms with E-state index in [1.54, 1.807) is 31.2 Å². The number of phenols is 1. The van der Waals surface area contributed by atoms with Gasteiger partial charge in [-0.05, 0) is 19.1 Å². The van der Waals surface area contributed by atoms with Gasteiger partial charge in [0.15, 0.2) is 0 Å². The molecule has 0 aromatic heterocycles. The molecule has 2 rings (SSSR count). The Hall–Kier alpha value is -2.53. The van der Waals surface area contributed by atoms with Gasteiger partial charge in [0, 0.05) is 15.8 Å². The smallest absolute Gasteiger partial charge is 0.256 e. The molecular weight excluding hydrogens is 304 g/mol. The van der Waals surface area contributed by atoms with E-state index in [2.05, 4.69) is 17.2 Å². The number of rotatable bonds is 4. The average Bonchev–Trinajstić information content (AvgIpc) is 2.50. The van der Waals surface area contributed by atoms with Crippen molar-refractivity contribution in [2.75, 3.05) is 0 Å². The molecule has 2 aromatic carbocycles. The lowest BCUT2D eigenvalue weighted by atomic mass is 10.0. The van der Waals surface area contributed by atoms with Crippen molar-refractivity contribution in [1.82, 2.24) is 10.6 Å². The van der Waals surface area contributed by atoms with Crippen LogP contribution >= 0.6 is 11.6 Å². The molecule has 0 aliphatic heterocycles. The van der Waals surface area contributed by atoms with Crippen LogP contribution in [-0.2, 0) is 4.79 Å². The van der Waals surface area contributed by atoms with Crippen molar-refractivity contribution in [3.63, 3.8) is 0 Å². The van der Waals surface area contributed by atoms with Crippen molar-refractivity contribution in [1.29, 1.82) is 0 Å². The molecule has 2 amide bonds. The standard InChI is InChI=1S/C16H15ClN2O3/c1-3-14(20)18-9(2)19-16(22)12-8-13(17)10-6-4-5-7-11(10)15(12)21/h3-9,21H,1H2,2H3,(H,18,20)(H,19,22). The highest BCUT2D eigenvalue weighted by Gasteiger charge is 2.18. The highest BCUT2D eigenvalue weighted by Crippen LogP contribution is 2.34. The van der Waals surface area contributed by atoms with Crippen molar-refractivity contribution >= 4 is 34.2 Å². The molecule has 114 valence electrons. The van der Waals surface area contributed by atoms with Crippen LogP contribution < -0.4 is 10.6 Å². The number of fused-ring (bicyclic) bond motifs is 1. The van der Waals surface area contributed by atoms with Crippen LogP contribution in [0.5, 0.6) is 5.75 Å². The van der Waals surface area contributed by atoms with Gasteiger partial charge < -0.3 is 15.7 Å². The summed E-state index contributed by atoms with van der Waals surface area (Å²) in [5.74, 6) is -1.10. The van der Waals surface area contributed by atoms with Gasteiger partial charge in [-0.25, -0.2) is 0 Å². The first-order valence-electron chi connectivity index (χ1n) is 6.58. The third kappa shape index (κ3) is 3.20. The molecular formula is C16H15ClN2O3. The second-order valence-electron chi connectivity index (χ2n) is 4.71. The Bertz CT molecular complexity index is 758. The Morgan fingerprint density at radius 2 is 1.91 bits per heavy atom. The van der Waals surface area contributed by atoms with E-state index in [-0.39, 0.29) is 11.3 Å². The van der Waals surface area contributed by atoms with Crippen LogP contribution in [0.25, 0.3) is 10.8 Å². The minimum absolute atomic E-state index is 0.0448. The van der Waals surface area contributed by atoms with E-state index in [0.717, 1.165) is 6.08 Å². The van der Waals surface area contributed by atoms with E-state index in [0.29, 0.717) is 15.8 Å². The van der Waals surface area contributed by atoms with Gasteiger partial charge in [0.05, 0.1) is 11.7 Å². The molecule has 0 bridgehead atoms. The van der Waals surface area contributed by atoms with Crippen LogP contribution in [0.3, 0.4) is 0 Å². The summed E-state index contributed by atoms with van der Waals surface area (Å²) in [5, 5.41) is 16.8. The van der Waals surface area contributed by atoms with Gasteiger partial charge >= 0.3 is 0 Å². The number of phenolic OH excluding ortho intramolecular Hbond substituents is 1. The van der Waals surface area contributed by atoms with Crippen LogP contribution in [0.1, 0.15) is 17.3 Å². The second-order valence-corrected chi connectivity index (χ2v) is 5.12. The van der Waals surface area contributed by atoms with E-state index >= 15 is 0 Å². The minimum atomic E-state index is -0.623. The molecule has 0 heterocycles. The summed E-state index contributed by atoms with van der Waals surface area (Å²) in [4.78, 5) is 23.4. The normalized spacial score (nSPS) is 11.7. The molecule has 0 spiro atoms. The van der Waals surface area contributed by atoms with E-state index in [4.69, 9.17) is 11.6 Å². The molecule has 0 aliphatic carbocycles. The molecule has 0 fully saturated rings. The maximum Gasteiger partial charge on any atom is 0.256 e. The minimum Gasteiger partial charge on any atom is -0.506 e. The number of benzene rings is 2. The molecule has 1 atom stereocenters. The number of halogens is 1. The van der Waals surface area contributed by atoms with Crippen LogP contribution in [0, 0.1) is 0 Å². The van der Waals surface area contributed by atoms with Gasteiger partial charge in [-0.2, -0.15) is 0 Å². The Labute approximate surface area is 132 Å². The fraction of sp³-hybridized carbons (Fsp3) is 0.125. The SMILES string of the molecule is C=CC(=O)NC(C)NC(=O)c1cc(Cl)c2ccccc2c1O. The van der Waals surface area contributed by atoms with Crippen LogP contribution in [-0.4, -0.2) is 23.1 Å². The molecule has 0 saturated carbocycles. The lowest BCUT2D eigenvalue weighted by Crippen LogP contribution is -2.45. The van der Waals surface area contributed by atoms with Gasteiger partial charge in [-0.3, -0.25) is 9.59 Å².